The third-order valence-electron chi connectivity index (χ3n) is 3.38. The van der Waals surface area contributed by atoms with E-state index in [1.54, 1.807) is 0 Å². The van der Waals surface area contributed by atoms with Crippen LogP contribution in [0.2, 0.25) is 0 Å². The Bertz CT molecular complexity index is 322. The van der Waals surface area contributed by atoms with Gasteiger partial charge in [0.15, 0.2) is 0 Å². The molecule has 2 nitrogen and oxygen atoms in total. The lowest BCUT2D eigenvalue weighted by Crippen LogP contribution is -2.49. The minimum absolute atomic E-state index is 0.230. The first-order valence-electron chi connectivity index (χ1n) is 6.40. The zero-order chi connectivity index (χ0) is 12.1. The molecule has 1 aromatic carbocycles. The van der Waals surface area contributed by atoms with E-state index in [2.05, 4.69) is 29.2 Å². The van der Waals surface area contributed by atoms with E-state index in [1.807, 2.05) is 6.07 Å². The fraction of sp³-hybridized carbons (Fsp3) is 0.571. The Morgan fingerprint density at radius 3 is 2.59 bits per heavy atom. The Morgan fingerprint density at radius 2 is 1.94 bits per heavy atom. The Kier molecular flexibility index (Phi) is 4.51. The highest BCUT2D eigenvalue weighted by molar-refractivity contribution is 5.14. The largest absolute Gasteiger partial charge is 0.328 e. The maximum atomic E-state index is 12.6. The molecule has 0 radical (unpaired) electrons. The number of hydrogen-bond acceptors (Lipinski definition) is 2. The van der Waals surface area contributed by atoms with Gasteiger partial charge in [-0.3, -0.25) is 4.90 Å². The molecule has 2 N–H and O–H groups in total. The van der Waals surface area contributed by atoms with Crippen LogP contribution in [0.1, 0.15) is 18.4 Å². The smallest absolute Gasteiger partial charge is 0.125 e. The maximum absolute atomic E-state index is 12.6. The molecule has 2 rings (SSSR count). The number of hydrogen-bond donors (Lipinski definition) is 1. The monoisotopic (exact) mass is 236 g/mol. The Hall–Kier alpha value is -0.930. The molecular weight excluding hydrogens is 215 g/mol. The van der Waals surface area contributed by atoms with Gasteiger partial charge < -0.3 is 5.73 Å². The van der Waals surface area contributed by atoms with Gasteiger partial charge in [-0.25, -0.2) is 4.39 Å². The van der Waals surface area contributed by atoms with E-state index in [1.165, 1.54) is 5.56 Å². The van der Waals surface area contributed by atoms with Gasteiger partial charge in [-0.15, -0.1) is 0 Å². The van der Waals surface area contributed by atoms with Crippen LogP contribution in [0.3, 0.4) is 0 Å². The van der Waals surface area contributed by atoms with Crippen molar-refractivity contribution in [2.75, 3.05) is 19.6 Å². The first-order chi connectivity index (χ1) is 8.24. The van der Waals surface area contributed by atoms with Gasteiger partial charge in [0.2, 0.25) is 0 Å². The minimum Gasteiger partial charge on any atom is -0.328 e. The number of benzene rings is 1. The lowest BCUT2D eigenvalue weighted by Gasteiger charge is -2.34. The Labute approximate surface area is 103 Å². The Morgan fingerprint density at radius 1 is 1.24 bits per heavy atom. The molecule has 1 aromatic rings. The molecule has 17 heavy (non-hydrogen) atoms. The first-order valence-corrected chi connectivity index (χ1v) is 6.40. The molecular formula is C14H21FN2. The van der Waals surface area contributed by atoms with Gasteiger partial charge in [0.1, 0.15) is 6.17 Å². The molecule has 0 unspecified atom stereocenters. The lowest BCUT2D eigenvalue weighted by molar-refractivity contribution is 0.0631. The minimum atomic E-state index is -0.601. The molecule has 0 aliphatic carbocycles. The maximum Gasteiger partial charge on any atom is 0.125 e. The molecule has 3 heteroatoms. The number of rotatable bonds is 6. The van der Waals surface area contributed by atoms with Crippen molar-refractivity contribution in [3.63, 3.8) is 0 Å². The van der Waals surface area contributed by atoms with Crippen LogP contribution in [0.5, 0.6) is 0 Å². The van der Waals surface area contributed by atoms with E-state index in [-0.39, 0.29) is 6.04 Å². The van der Waals surface area contributed by atoms with E-state index >= 15 is 0 Å². The van der Waals surface area contributed by atoms with Crippen molar-refractivity contribution < 1.29 is 4.39 Å². The van der Waals surface area contributed by atoms with Crippen LogP contribution < -0.4 is 5.73 Å². The third-order valence-corrected chi connectivity index (χ3v) is 3.38. The van der Waals surface area contributed by atoms with E-state index in [0.717, 1.165) is 25.8 Å². The molecule has 1 fully saturated rings. The van der Waals surface area contributed by atoms with E-state index in [9.17, 15) is 4.39 Å². The summed E-state index contributed by atoms with van der Waals surface area (Å²) in [6.07, 6.45) is 2.42. The van der Waals surface area contributed by atoms with Gasteiger partial charge in [0.05, 0.1) is 0 Å². The number of aryl methyl sites for hydroxylation is 1. The van der Waals surface area contributed by atoms with Crippen molar-refractivity contribution >= 4 is 0 Å². The van der Waals surface area contributed by atoms with Crippen LogP contribution in [0.25, 0.3) is 0 Å². The molecule has 1 atom stereocenters. The normalized spacial score (nSPS) is 18.9. The van der Waals surface area contributed by atoms with Crippen molar-refractivity contribution in [3.05, 3.63) is 35.9 Å². The topological polar surface area (TPSA) is 29.3 Å². The summed E-state index contributed by atoms with van der Waals surface area (Å²) in [7, 11) is 0. The standard InChI is InChI=1S/C14H21FN2/c15-13-10-17(11-13)9-8-14(16)7-6-12-4-2-1-3-5-12/h1-5,13-14H,6-11,16H2/t14-/m0/s1. The second-order valence-electron chi connectivity index (χ2n) is 4.93. The van der Waals surface area contributed by atoms with Gasteiger partial charge in [-0.05, 0) is 31.4 Å². The van der Waals surface area contributed by atoms with Crippen molar-refractivity contribution in [1.82, 2.24) is 4.90 Å². The first kappa shape index (κ1) is 12.5. The molecule has 0 bridgehead atoms. The van der Waals surface area contributed by atoms with Crippen molar-refractivity contribution in [3.8, 4) is 0 Å². The number of nitrogens with two attached hydrogens (primary N) is 1. The van der Waals surface area contributed by atoms with Gasteiger partial charge >= 0.3 is 0 Å². The number of nitrogens with zero attached hydrogens (tertiary/aromatic N) is 1. The molecule has 0 amide bonds. The summed E-state index contributed by atoms with van der Waals surface area (Å²) in [5.74, 6) is 0. The van der Waals surface area contributed by atoms with Gasteiger partial charge in [0.25, 0.3) is 0 Å². The SMILES string of the molecule is N[C@@H](CCc1ccccc1)CCN1CC(F)C1. The van der Waals surface area contributed by atoms with Gasteiger partial charge in [-0.1, -0.05) is 30.3 Å². The molecule has 0 saturated carbocycles. The van der Waals surface area contributed by atoms with Gasteiger partial charge in [0, 0.05) is 19.1 Å². The second-order valence-corrected chi connectivity index (χ2v) is 4.93. The molecule has 0 aromatic heterocycles. The van der Waals surface area contributed by atoms with E-state index in [4.69, 9.17) is 5.73 Å². The fourth-order valence-corrected chi connectivity index (χ4v) is 2.18. The Balaban J connectivity index is 1.59. The van der Waals surface area contributed by atoms with Gasteiger partial charge in [-0.2, -0.15) is 0 Å². The summed E-state index contributed by atoms with van der Waals surface area (Å²) in [6, 6.07) is 10.6. The van der Waals surface area contributed by atoms with E-state index in [0.29, 0.717) is 13.1 Å². The zero-order valence-electron chi connectivity index (χ0n) is 10.2. The fourth-order valence-electron chi connectivity index (χ4n) is 2.18. The molecule has 1 aliphatic rings. The quantitative estimate of drug-likeness (QED) is 0.818. The summed E-state index contributed by atoms with van der Waals surface area (Å²) in [5, 5.41) is 0. The predicted molar refractivity (Wildman–Crippen MR) is 68.7 cm³/mol. The second kappa shape index (κ2) is 6.12. The van der Waals surface area contributed by atoms with Crippen molar-refractivity contribution in [1.29, 1.82) is 0 Å². The van der Waals surface area contributed by atoms with Crippen LogP contribution in [0.4, 0.5) is 4.39 Å². The zero-order valence-corrected chi connectivity index (χ0v) is 10.2. The number of alkyl halides is 1. The summed E-state index contributed by atoms with van der Waals surface area (Å²) in [5.41, 5.74) is 7.41. The molecule has 1 heterocycles. The predicted octanol–water partition coefficient (Wildman–Crippen LogP) is 1.99. The molecule has 0 spiro atoms. The third kappa shape index (κ3) is 4.10. The van der Waals surface area contributed by atoms with Crippen molar-refractivity contribution in [2.45, 2.75) is 31.5 Å². The molecule has 1 aliphatic heterocycles. The average molecular weight is 236 g/mol. The summed E-state index contributed by atoms with van der Waals surface area (Å²) in [6.45, 7) is 2.15. The number of likely N-dealkylation sites (tertiary alicyclic amines) is 1. The van der Waals surface area contributed by atoms with E-state index < -0.39 is 6.17 Å². The van der Waals surface area contributed by atoms with Crippen LogP contribution >= 0.6 is 0 Å². The average Bonchev–Trinajstić information content (AvgIpc) is 2.32. The van der Waals surface area contributed by atoms with Crippen LogP contribution in [-0.4, -0.2) is 36.7 Å². The summed E-state index contributed by atoms with van der Waals surface area (Å²) in [4.78, 5) is 2.13. The highest BCUT2D eigenvalue weighted by Gasteiger charge is 2.25. The summed E-state index contributed by atoms with van der Waals surface area (Å²) < 4.78 is 12.6. The molecule has 1 saturated heterocycles. The highest BCUT2D eigenvalue weighted by atomic mass is 19.1. The number of halogens is 1. The van der Waals surface area contributed by atoms with Crippen LogP contribution in [0.15, 0.2) is 30.3 Å². The van der Waals surface area contributed by atoms with Crippen LogP contribution in [-0.2, 0) is 6.42 Å². The van der Waals surface area contributed by atoms with Crippen LogP contribution in [0, 0.1) is 0 Å². The lowest BCUT2D eigenvalue weighted by atomic mass is 10.0. The summed E-state index contributed by atoms with van der Waals surface area (Å²) >= 11 is 0. The van der Waals surface area contributed by atoms with Crippen molar-refractivity contribution in [2.24, 2.45) is 5.73 Å². The highest BCUT2D eigenvalue weighted by Crippen LogP contribution is 2.13. The molecule has 94 valence electrons.